The summed E-state index contributed by atoms with van der Waals surface area (Å²) in [5, 5.41) is 28.9. The van der Waals surface area contributed by atoms with Gasteiger partial charge in [-0.2, -0.15) is 0 Å². The Kier molecular flexibility index (Phi) is 3.72. The van der Waals surface area contributed by atoms with Crippen LogP contribution in [0.3, 0.4) is 0 Å². The summed E-state index contributed by atoms with van der Waals surface area (Å²) in [6.45, 7) is -0.378. The number of fused-ring (bicyclic) bond motifs is 1. The molecule has 0 aliphatic carbocycles. The van der Waals surface area contributed by atoms with Gasteiger partial charge in [0.2, 0.25) is 0 Å². The molecule has 1 aliphatic heterocycles. The van der Waals surface area contributed by atoms with Gasteiger partial charge in [0.15, 0.2) is 23.2 Å². The molecule has 2 aromatic rings. The molecule has 0 amide bonds. The minimum atomic E-state index is -1.17. The van der Waals surface area contributed by atoms with Gasteiger partial charge < -0.3 is 23.6 Å². The molecule has 0 spiro atoms. The first kappa shape index (κ1) is 13.9. The number of halogens is 1. The van der Waals surface area contributed by atoms with E-state index in [0.717, 1.165) is 0 Å². The van der Waals surface area contributed by atoms with Crippen molar-refractivity contribution < 1.29 is 20.1 Å². The molecule has 1 aliphatic rings. The standard InChI is InChI=1S/C10H12IN5O4/c11-15-8-5-9(13-2-12-8)16(3-14-5)10-7(19)6(18)4(1-17)20-10/h2-4,6-7,10,17-19H,1H2,(H,12,13,15). The number of hydrogen-bond acceptors (Lipinski definition) is 8. The van der Waals surface area contributed by atoms with Crippen LogP contribution in [0, 0.1) is 0 Å². The maximum absolute atomic E-state index is 10.0. The Morgan fingerprint density at radius 1 is 1.30 bits per heavy atom. The molecule has 4 unspecified atom stereocenters. The number of hydrogen-bond donors (Lipinski definition) is 4. The van der Waals surface area contributed by atoms with Crippen LogP contribution < -0.4 is 3.53 Å². The summed E-state index contributed by atoms with van der Waals surface area (Å²) in [5.41, 5.74) is 0.994. The Hall–Kier alpha value is -1.08. The van der Waals surface area contributed by atoms with Crippen LogP contribution >= 0.6 is 22.9 Å². The van der Waals surface area contributed by atoms with Crippen LogP contribution in [-0.4, -0.2) is 59.8 Å². The Morgan fingerprint density at radius 3 is 2.75 bits per heavy atom. The van der Waals surface area contributed by atoms with Gasteiger partial charge in [0.05, 0.1) is 35.8 Å². The van der Waals surface area contributed by atoms with Crippen molar-refractivity contribution in [3.05, 3.63) is 12.7 Å². The van der Waals surface area contributed by atoms with Crippen LogP contribution in [-0.2, 0) is 4.74 Å². The molecular formula is C10H12IN5O4. The van der Waals surface area contributed by atoms with Crippen LogP contribution in [0.25, 0.3) is 11.2 Å². The topological polar surface area (TPSA) is 126 Å². The first-order valence-corrected chi connectivity index (χ1v) is 6.92. The molecule has 108 valence electrons. The largest absolute Gasteiger partial charge is 0.394 e. The fourth-order valence-corrected chi connectivity index (χ4v) is 2.61. The number of aromatic nitrogens is 4. The second-order valence-corrected chi connectivity index (χ2v) is 4.91. The highest BCUT2D eigenvalue weighted by atomic mass is 127. The predicted octanol–water partition coefficient (Wildman–Crippen LogP) is -0.800. The molecule has 0 saturated carbocycles. The van der Waals surface area contributed by atoms with Gasteiger partial charge in [-0.25, -0.2) is 15.0 Å². The van der Waals surface area contributed by atoms with Gasteiger partial charge in [0, 0.05) is 0 Å². The molecule has 4 atom stereocenters. The van der Waals surface area contributed by atoms with Gasteiger partial charge >= 0.3 is 0 Å². The quantitative estimate of drug-likeness (QED) is 0.395. The molecule has 2 aromatic heterocycles. The lowest BCUT2D eigenvalue weighted by molar-refractivity contribution is -0.0511. The van der Waals surface area contributed by atoms with E-state index in [1.807, 2.05) is 22.9 Å². The minimum absolute atomic E-state index is 0.378. The monoisotopic (exact) mass is 393 g/mol. The number of aliphatic hydroxyl groups is 3. The fourth-order valence-electron chi connectivity index (χ4n) is 2.22. The molecular weight excluding hydrogens is 381 g/mol. The zero-order chi connectivity index (χ0) is 14.3. The van der Waals surface area contributed by atoms with Crippen molar-refractivity contribution >= 4 is 39.8 Å². The van der Waals surface area contributed by atoms with Crippen LogP contribution in [0.1, 0.15) is 6.23 Å². The number of nitrogens with zero attached hydrogens (tertiary/aromatic N) is 4. The van der Waals surface area contributed by atoms with Crippen molar-refractivity contribution in [2.24, 2.45) is 0 Å². The van der Waals surface area contributed by atoms with Crippen molar-refractivity contribution in [3.8, 4) is 0 Å². The highest BCUT2D eigenvalue weighted by Gasteiger charge is 2.43. The molecule has 0 bridgehead atoms. The van der Waals surface area contributed by atoms with E-state index in [9.17, 15) is 10.2 Å². The Labute approximate surface area is 127 Å². The summed E-state index contributed by atoms with van der Waals surface area (Å²) in [7, 11) is 0. The van der Waals surface area contributed by atoms with Crippen molar-refractivity contribution in [2.75, 3.05) is 10.1 Å². The molecule has 10 heteroatoms. The third kappa shape index (κ3) is 2.03. The Bertz CT molecular complexity index is 623. The van der Waals surface area contributed by atoms with Crippen LogP contribution in [0.15, 0.2) is 12.7 Å². The van der Waals surface area contributed by atoms with E-state index in [2.05, 4.69) is 18.5 Å². The number of anilines is 1. The minimum Gasteiger partial charge on any atom is -0.394 e. The molecule has 9 nitrogen and oxygen atoms in total. The second kappa shape index (κ2) is 5.37. The molecule has 1 fully saturated rings. The molecule has 20 heavy (non-hydrogen) atoms. The van der Waals surface area contributed by atoms with Crippen LogP contribution in [0.4, 0.5) is 5.82 Å². The predicted molar refractivity (Wildman–Crippen MR) is 76.0 cm³/mol. The summed E-state index contributed by atoms with van der Waals surface area (Å²) in [4.78, 5) is 12.3. The third-order valence-electron chi connectivity index (χ3n) is 3.24. The van der Waals surface area contributed by atoms with Gasteiger partial charge in [0.1, 0.15) is 24.6 Å². The smallest absolute Gasteiger partial charge is 0.167 e. The van der Waals surface area contributed by atoms with Gasteiger partial charge in [0.25, 0.3) is 0 Å². The third-order valence-corrected chi connectivity index (χ3v) is 3.75. The van der Waals surface area contributed by atoms with E-state index in [1.165, 1.54) is 17.2 Å². The van der Waals surface area contributed by atoms with E-state index < -0.39 is 24.5 Å². The van der Waals surface area contributed by atoms with Gasteiger partial charge in [-0.15, -0.1) is 0 Å². The summed E-state index contributed by atoms with van der Waals surface area (Å²) in [6, 6.07) is 0. The number of imidazole rings is 1. The Balaban J connectivity index is 2.03. The normalized spacial score (nSPS) is 30.0. The van der Waals surface area contributed by atoms with Gasteiger partial charge in [-0.05, 0) is 0 Å². The molecule has 3 rings (SSSR count). The highest BCUT2D eigenvalue weighted by Crippen LogP contribution is 2.32. The van der Waals surface area contributed by atoms with E-state index in [0.29, 0.717) is 17.0 Å². The van der Waals surface area contributed by atoms with E-state index in [1.54, 1.807) is 0 Å². The van der Waals surface area contributed by atoms with Crippen molar-refractivity contribution in [2.45, 2.75) is 24.5 Å². The zero-order valence-electron chi connectivity index (χ0n) is 10.1. The first-order valence-electron chi connectivity index (χ1n) is 5.84. The van der Waals surface area contributed by atoms with E-state index in [-0.39, 0.29) is 6.61 Å². The average molecular weight is 393 g/mol. The number of nitrogens with one attached hydrogen (secondary N) is 1. The SMILES string of the molecule is OCC1OC(n2cnc3c(NI)ncnc32)C(O)C1O. The lowest BCUT2D eigenvalue weighted by Crippen LogP contribution is -2.33. The first-order chi connectivity index (χ1) is 9.67. The maximum Gasteiger partial charge on any atom is 0.167 e. The van der Waals surface area contributed by atoms with Crippen molar-refractivity contribution in [1.82, 2.24) is 19.5 Å². The van der Waals surface area contributed by atoms with Crippen LogP contribution in [0.2, 0.25) is 0 Å². The summed E-state index contributed by atoms with van der Waals surface area (Å²) >= 11 is 1.93. The Morgan fingerprint density at radius 2 is 2.10 bits per heavy atom. The average Bonchev–Trinajstić information content (AvgIpc) is 3.01. The van der Waals surface area contributed by atoms with E-state index >= 15 is 0 Å². The molecule has 3 heterocycles. The van der Waals surface area contributed by atoms with Crippen molar-refractivity contribution in [3.63, 3.8) is 0 Å². The summed E-state index contributed by atoms with van der Waals surface area (Å²) < 4.78 is 9.83. The number of ether oxygens (including phenoxy) is 1. The van der Waals surface area contributed by atoms with Gasteiger partial charge in [-0.3, -0.25) is 4.57 Å². The van der Waals surface area contributed by atoms with Crippen molar-refractivity contribution in [1.29, 1.82) is 0 Å². The number of rotatable bonds is 3. The fraction of sp³-hybridized carbons (Fsp3) is 0.500. The summed E-state index contributed by atoms with van der Waals surface area (Å²) in [5.74, 6) is 0.543. The molecule has 0 radical (unpaired) electrons. The lowest BCUT2D eigenvalue weighted by atomic mass is 10.1. The molecule has 0 aromatic carbocycles. The zero-order valence-corrected chi connectivity index (χ0v) is 12.2. The maximum atomic E-state index is 10.0. The second-order valence-electron chi connectivity index (χ2n) is 4.37. The van der Waals surface area contributed by atoms with Gasteiger partial charge in [-0.1, -0.05) is 0 Å². The highest BCUT2D eigenvalue weighted by molar-refractivity contribution is 14.1. The summed E-state index contributed by atoms with van der Waals surface area (Å²) in [6.07, 6.45) is -1.21. The molecule has 4 N–H and O–H groups in total. The lowest BCUT2D eigenvalue weighted by Gasteiger charge is -2.16. The number of aliphatic hydroxyl groups excluding tert-OH is 3. The van der Waals surface area contributed by atoms with Crippen LogP contribution in [0.5, 0.6) is 0 Å². The molecule has 1 saturated heterocycles. The van der Waals surface area contributed by atoms with E-state index in [4.69, 9.17) is 9.84 Å².